The molecule has 0 aromatic carbocycles. The Morgan fingerprint density at radius 3 is 2.44 bits per heavy atom. The second kappa shape index (κ2) is 5.13. The maximum absolute atomic E-state index is 4.75. The molecule has 0 spiro atoms. The normalized spacial score (nSPS) is 11.9. The molecule has 0 saturated carbocycles. The number of nitrogens with zero attached hydrogens (tertiary/aromatic N) is 2. The summed E-state index contributed by atoms with van der Waals surface area (Å²) in [5.41, 5.74) is 5.11. The minimum absolute atomic E-state index is 0.563. The van der Waals surface area contributed by atoms with Crippen LogP contribution in [0.5, 0.6) is 0 Å². The second-order valence-electron chi connectivity index (χ2n) is 5.87. The van der Waals surface area contributed by atoms with Gasteiger partial charge in [0.1, 0.15) is 5.65 Å². The van der Waals surface area contributed by atoms with Crippen LogP contribution >= 0.6 is 0 Å². The van der Waals surface area contributed by atoms with Crippen molar-refractivity contribution in [3.8, 4) is 0 Å². The minimum atomic E-state index is 0.563. The Labute approximate surface area is 110 Å². The summed E-state index contributed by atoms with van der Waals surface area (Å²) in [5.74, 6) is 1.23. The monoisotopic (exact) mass is 244 g/mol. The first-order valence-corrected chi connectivity index (χ1v) is 7.01. The summed E-state index contributed by atoms with van der Waals surface area (Å²) in [6, 6.07) is 2.34. The summed E-state index contributed by atoms with van der Waals surface area (Å²) in [6.07, 6.45) is 6.51. The van der Waals surface area contributed by atoms with E-state index in [-0.39, 0.29) is 0 Å². The van der Waals surface area contributed by atoms with Crippen molar-refractivity contribution in [2.24, 2.45) is 5.92 Å². The molecule has 2 heterocycles. The fourth-order valence-electron chi connectivity index (χ4n) is 2.32. The van der Waals surface area contributed by atoms with Crippen molar-refractivity contribution in [2.75, 3.05) is 0 Å². The van der Waals surface area contributed by atoms with Crippen molar-refractivity contribution in [3.63, 3.8) is 0 Å². The van der Waals surface area contributed by atoms with E-state index >= 15 is 0 Å². The Balaban J connectivity index is 2.59. The van der Waals surface area contributed by atoms with E-state index in [4.69, 9.17) is 4.98 Å². The smallest absolute Gasteiger partial charge is 0.140 e. The molecular weight excluding hydrogens is 220 g/mol. The molecule has 18 heavy (non-hydrogen) atoms. The van der Waals surface area contributed by atoms with Crippen LogP contribution in [-0.4, -0.2) is 9.38 Å². The van der Waals surface area contributed by atoms with Gasteiger partial charge < -0.3 is 4.40 Å². The van der Waals surface area contributed by atoms with Crippen molar-refractivity contribution in [3.05, 3.63) is 35.3 Å². The average molecular weight is 244 g/mol. The van der Waals surface area contributed by atoms with E-state index in [1.807, 2.05) is 0 Å². The van der Waals surface area contributed by atoms with Crippen LogP contribution in [0.4, 0.5) is 0 Å². The van der Waals surface area contributed by atoms with Crippen LogP contribution in [0.15, 0.2) is 18.5 Å². The number of hydrogen-bond donors (Lipinski definition) is 0. The third kappa shape index (κ3) is 2.58. The third-order valence-electron chi connectivity index (χ3n) is 3.36. The first-order chi connectivity index (χ1) is 8.51. The largest absolute Gasteiger partial charge is 0.306 e. The molecule has 2 heteroatoms. The molecule has 2 aromatic rings. The van der Waals surface area contributed by atoms with Crippen molar-refractivity contribution in [2.45, 2.75) is 53.4 Å². The zero-order chi connectivity index (χ0) is 13.3. The van der Waals surface area contributed by atoms with Crippen LogP contribution in [0.1, 0.15) is 57.4 Å². The standard InChI is InChI=1S/C16H24N2/c1-6-15-10-18-9-14(12(4)5)8-13(7-11(2)3)16(18)17-15/h8-12H,6-7H2,1-5H3. The Morgan fingerprint density at radius 2 is 1.89 bits per heavy atom. The fourth-order valence-corrected chi connectivity index (χ4v) is 2.32. The Hall–Kier alpha value is -1.31. The van der Waals surface area contributed by atoms with Gasteiger partial charge in [-0.3, -0.25) is 0 Å². The van der Waals surface area contributed by atoms with Gasteiger partial charge in [-0.1, -0.05) is 40.7 Å². The Kier molecular flexibility index (Phi) is 3.74. The topological polar surface area (TPSA) is 17.3 Å². The number of hydrogen-bond acceptors (Lipinski definition) is 1. The zero-order valence-electron chi connectivity index (χ0n) is 12.2. The van der Waals surface area contributed by atoms with Crippen LogP contribution in [0.2, 0.25) is 0 Å². The molecule has 0 saturated heterocycles. The van der Waals surface area contributed by atoms with Gasteiger partial charge in [-0.25, -0.2) is 4.98 Å². The summed E-state index contributed by atoms with van der Waals surface area (Å²) in [5, 5.41) is 0. The highest BCUT2D eigenvalue weighted by Gasteiger charge is 2.11. The van der Waals surface area contributed by atoms with Crippen molar-refractivity contribution in [1.82, 2.24) is 9.38 Å². The van der Waals surface area contributed by atoms with Crippen molar-refractivity contribution >= 4 is 5.65 Å². The molecule has 0 bridgehead atoms. The number of rotatable bonds is 4. The molecule has 2 aromatic heterocycles. The predicted octanol–water partition coefficient (Wildman–Crippen LogP) is 4.22. The summed E-state index contributed by atoms with van der Waals surface area (Å²) < 4.78 is 2.21. The molecule has 98 valence electrons. The highest BCUT2D eigenvalue weighted by atomic mass is 15.0. The lowest BCUT2D eigenvalue weighted by atomic mass is 9.98. The number of aryl methyl sites for hydroxylation is 1. The van der Waals surface area contributed by atoms with Gasteiger partial charge >= 0.3 is 0 Å². The molecule has 0 N–H and O–H groups in total. The second-order valence-corrected chi connectivity index (χ2v) is 5.87. The number of aromatic nitrogens is 2. The highest BCUT2D eigenvalue weighted by molar-refractivity contribution is 5.51. The maximum atomic E-state index is 4.75. The van der Waals surface area contributed by atoms with Gasteiger partial charge in [0.25, 0.3) is 0 Å². The minimum Gasteiger partial charge on any atom is -0.306 e. The highest BCUT2D eigenvalue weighted by Crippen LogP contribution is 2.22. The molecule has 2 nitrogen and oxygen atoms in total. The van der Waals surface area contributed by atoms with Crippen molar-refractivity contribution < 1.29 is 0 Å². The third-order valence-corrected chi connectivity index (χ3v) is 3.36. The quantitative estimate of drug-likeness (QED) is 0.787. The molecule has 0 amide bonds. The summed E-state index contributed by atoms with van der Waals surface area (Å²) in [6.45, 7) is 11.2. The Morgan fingerprint density at radius 1 is 1.17 bits per heavy atom. The molecule has 0 atom stereocenters. The van der Waals surface area contributed by atoms with E-state index in [2.05, 4.69) is 57.5 Å². The average Bonchev–Trinajstić information content (AvgIpc) is 2.71. The van der Waals surface area contributed by atoms with E-state index in [0.717, 1.165) is 18.5 Å². The van der Waals surface area contributed by atoms with Gasteiger partial charge in [0.2, 0.25) is 0 Å². The fraction of sp³-hybridized carbons (Fsp3) is 0.562. The molecule has 0 aliphatic carbocycles. The number of pyridine rings is 1. The summed E-state index contributed by atoms with van der Waals surface area (Å²) >= 11 is 0. The van der Waals surface area contributed by atoms with Gasteiger partial charge in [-0.15, -0.1) is 0 Å². The summed E-state index contributed by atoms with van der Waals surface area (Å²) in [7, 11) is 0. The summed E-state index contributed by atoms with van der Waals surface area (Å²) in [4.78, 5) is 4.75. The van der Waals surface area contributed by atoms with Gasteiger partial charge in [-0.05, 0) is 35.8 Å². The van der Waals surface area contributed by atoms with Gasteiger partial charge in [0, 0.05) is 12.4 Å². The first kappa shape index (κ1) is 13.1. The van der Waals surface area contributed by atoms with Crippen molar-refractivity contribution in [1.29, 1.82) is 0 Å². The molecule has 0 fully saturated rings. The van der Waals surface area contributed by atoms with Crippen LogP contribution in [-0.2, 0) is 12.8 Å². The molecular formula is C16H24N2. The molecule has 2 rings (SSSR count). The van der Waals surface area contributed by atoms with Gasteiger partial charge in [0.15, 0.2) is 0 Å². The molecule has 0 unspecified atom stereocenters. The van der Waals surface area contributed by atoms with E-state index in [9.17, 15) is 0 Å². The Bertz CT molecular complexity index is 535. The lowest BCUT2D eigenvalue weighted by Gasteiger charge is -2.12. The lowest BCUT2D eigenvalue weighted by Crippen LogP contribution is -2.01. The molecule has 0 radical (unpaired) electrons. The van der Waals surface area contributed by atoms with Crippen LogP contribution in [0, 0.1) is 5.92 Å². The molecule has 0 aliphatic rings. The van der Waals surface area contributed by atoms with Crippen LogP contribution < -0.4 is 0 Å². The SMILES string of the molecule is CCc1cn2cc(C(C)C)cc(CC(C)C)c2n1. The van der Waals surface area contributed by atoms with Crippen LogP contribution in [0.25, 0.3) is 5.65 Å². The van der Waals surface area contributed by atoms with E-state index in [0.29, 0.717) is 11.8 Å². The van der Waals surface area contributed by atoms with E-state index in [1.165, 1.54) is 16.8 Å². The maximum Gasteiger partial charge on any atom is 0.140 e. The number of fused-ring (bicyclic) bond motifs is 1. The lowest BCUT2D eigenvalue weighted by molar-refractivity contribution is 0.646. The van der Waals surface area contributed by atoms with E-state index < -0.39 is 0 Å². The zero-order valence-corrected chi connectivity index (χ0v) is 12.2. The first-order valence-electron chi connectivity index (χ1n) is 7.01. The van der Waals surface area contributed by atoms with Crippen LogP contribution in [0.3, 0.4) is 0 Å². The van der Waals surface area contributed by atoms with Gasteiger partial charge in [-0.2, -0.15) is 0 Å². The molecule has 0 aliphatic heterocycles. The van der Waals surface area contributed by atoms with E-state index in [1.54, 1.807) is 0 Å². The number of imidazole rings is 1. The predicted molar refractivity (Wildman–Crippen MR) is 77.2 cm³/mol. The van der Waals surface area contributed by atoms with Gasteiger partial charge in [0.05, 0.1) is 5.69 Å².